The Morgan fingerprint density at radius 1 is 0.862 bits per heavy atom. The zero-order valence-corrected chi connectivity index (χ0v) is 16.5. The summed E-state index contributed by atoms with van der Waals surface area (Å²) in [5.41, 5.74) is 9.17. The second-order valence-electron chi connectivity index (χ2n) is 6.79. The summed E-state index contributed by atoms with van der Waals surface area (Å²) in [6, 6.07) is 24.8. The molecule has 1 heterocycles. The van der Waals surface area contributed by atoms with Crippen LogP contribution in [0.2, 0.25) is 0 Å². The van der Waals surface area contributed by atoms with Gasteiger partial charge in [0.15, 0.2) is 0 Å². The maximum Gasteiger partial charge on any atom is 0.247 e. The second kappa shape index (κ2) is 8.37. The molecule has 0 unspecified atom stereocenters. The fourth-order valence-electron chi connectivity index (χ4n) is 3.21. The lowest BCUT2D eigenvalue weighted by atomic mass is 10.1. The summed E-state index contributed by atoms with van der Waals surface area (Å²) in [6.45, 7) is 0. The van der Waals surface area contributed by atoms with Gasteiger partial charge in [0.25, 0.3) is 0 Å². The summed E-state index contributed by atoms with van der Waals surface area (Å²) >= 11 is 1.38. The maximum atomic E-state index is 12.8. The van der Waals surface area contributed by atoms with Crippen molar-refractivity contribution in [1.82, 2.24) is 0 Å². The number of nitrogens with two attached hydrogens (primary N) is 1. The van der Waals surface area contributed by atoms with Gasteiger partial charge < -0.3 is 5.73 Å². The van der Waals surface area contributed by atoms with E-state index in [0.29, 0.717) is 11.4 Å². The second-order valence-corrected chi connectivity index (χ2v) is 8.06. The van der Waals surface area contributed by atoms with Crippen molar-refractivity contribution < 1.29 is 9.59 Å². The summed E-state index contributed by atoms with van der Waals surface area (Å²) < 4.78 is 0. The number of imide groups is 1. The van der Waals surface area contributed by atoms with Crippen molar-refractivity contribution in [2.75, 3.05) is 10.6 Å². The smallest absolute Gasteiger partial charge is 0.247 e. The lowest BCUT2D eigenvalue weighted by Crippen LogP contribution is -2.31. The van der Waals surface area contributed by atoms with Gasteiger partial charge >= 0.3 is 0 Å². The van der Waals surface area contributed by atoms with Crippen molar-refractivity contribution in [2.24, 2.45) is 0 Å². The average molecular weight is 401 g/mol. The molecule has 4 rings (SSSR count). The number of rotatable bonds is 5. The van der Waals surface area contributed by atoms with Crippen LogP contribution in [0.5, 0.6) is 0 Å². The van der Waals surface area contributed by atoms with Crippen LogP contribution in [-0.2, 0) is 9.59 Å². The third kappa shape index (κ3) is 4.41. The average Bonchev–Trinajstić information content (AvgIpc) is 3.01. The predicted octanol–water partition coefficient (Wildman–Crippen LogP) is 4.86. The maximum absolute atomic E-state index is 12.8. The fourth-order valence-corrected chi connectivity index (χ4v) is 4.33. The highest BCUT2D eigenvalue weighted by Gasteiger charge is 2.40. The molecule has 1 saturated heterocycles. The van der Waals surface area contributed by atoms with Crippen LogP contribution in [0.3, 0.4) is 0 Å². The molecule has 3 aromatic rings. The number of anilines is 2. The van der Waals surface area contributed by atoms with Gasteiger partial charge in [-0.25, -0.2) is 4.90 Å². The van der Waals surface area contributed by atoms with Crippen molar-refractivity contribution in [3.63, 3.8) is 0 Å². The fraction of sp³-hybridized carbons (Fsp3) is 0.0833. The number of amides is 2. The van der Waals surface area contributed by atoms with Crippen molar-refractivity contribution in [3.05, 3.63) is 90.0 Å². The third-order valence-electron chi connectivity index (χ3n) is 4.66. The van der Waals surface area contributed by atoms with Crippen LogP contribution in [0.15, 0.2) is 83.8 Å². The summed E-state index contributed by atoms with van der Waals surface area (Å²) in [4.78, 5) is 27.5. The molecule has 0 radical (unpaired) electrons. The van der Waals surface area contributed by atoms with E-state index in [0.717, 1.165) is 16.0 Å². The number of thioether (sulfide) groups is 1. The Kier molecular flexibility index (Phi) is 5.49. The first-order valence-electron chi connectivity index (χ1n) is 9.32. The number of carbonyl (C=O) groups is 2. The molecule has 1 aliphatic rings. The lowest BCUT2D eigenvalue weighted by Gasteiger charge is -2.15. The van der Waals surface area contributed by atoms with Gasteiger partial charge in [0.05, 0.1) is 10.9 Å². The molecule has 144 valence electrons. The van der Waals surface area contributed by atoms with Gasteiger partial charge in [-0.1, -0.05) is 60.7 Å². The minimum absolute atomic E-state index is 0.177. The minimum Gasteiger partial charge on any atom is -0.399 e. The lowest BCUT2D eigenvalue weighted by molar-refractivity contribution is -0.121. The van der Waals surface area contributed by atoms with Gasteiger partial charge in [-0.2, -0.15) is 0 Å². The quantitative estimate of drug-likeness (QED) is 0.377. The molecule has 1 atom stereocenters. The van der Waals surface area contributed by atoms with E-state index in [1.165, 1.54) is 16.7 Å². The molecule has 4 nitrogen and oxygen atoms in total. The Balaban J connectivity index is 1.47. The molecule has 0 aliphatic carbocycles. The molecule has 1 fully saturated rings. The number of carbonyl (C=O) groups excluding carboxylic acids is 2. The third-order valence-corrected chi connectivity index (χ3v) is 5.84. The van der Waals surface area contributed by atoms with Crippen molar-refractivity contribution >= 4 is 47.1 Å². The Labute approximate surface area is 174 Å². The number of hydrogen-bond acceptors (Lipinski definition) is 4. The molecule has 2 N–H and O–H groups in total. The van der Waals surface area contributed by atoms with Crippen LogP contribution in [0.4, 0.5) is 11.4 Å². The van der Waals surface area contributed by atoms with E-state index in [2.05, 4.69) is 0 Å². The molecular weight excluding hydrogens is 380 g/mol. The monoisotopic (exact) mass is 400 g/mol. The normalized spacial score (nSPS) is 16.7. The Morgan fingerprint density at radius 3 is 2.24 bits per heavy atom. The van der Waals surface area contributed by atoms with Gasteiger partial charge in [-0.05, 0) is 41.5 Å². The highest BCUT2D eigenvalue weighted by Crippen LogP contribution is 2.34. The highest BCUT2D eigenvalue weighted by atomic mass is 32.2. The topological polar surface area (TPSA) is 63.4 Å². The van der Waals surface area contributed by atoms with Crippen LogP contribution >= 0.6 is 11.8 Å². The molecule has 2 amide bonds. The molecule has 1 aliphatic heterocycles. The zero-order valence-electron chi connectivity index (χ0n) is 15.7. The Hall–Kier alpha value is -3.31. The largest absolute Gasteiger partial charge is 0.399 e. The van der Waals surface area contributed by atoms with Crippen molar-refractivity contribution in [1.29, 1.82) is 0 Å². The van der Waals surface area contributed by atoms with E-state index in [1.54, 1.807) is 6.07 Å². The first kappa shape index (κ1) is 19.0. The first-order chi connectivity index (χ1) is 14.1. The number of nitrogen functional groups attached to an aromatic ring is 1. The molecule has 29 heavy (non-hydrogen) atoms. The van der Waals surface area contributed by atoms with Gasteiger partial charge in [-0.3, -0.25) is 9.59 Å². The van der Waals surface area contributed by atoms with E-state index in [-0.39, 0.29) is 18.2 Å². The summed E-state index contributed by atoms with van der Waals surface area (Å²) in [7, 11) is 0. The Bertz CT molecular complexity index is 1060. The zero-order chi connectivity index (χ0) is 20.2. The van der Waals surface area contributed by atoms with Crippen molar-refractivity contribution in [3.8, 4) is 0 Å². The van der Waals surface area contributed by atoms with Gasteiger partial charge in [0.2, 0.25) is 11.8 Å². The summed E-state index contributed by atoms with van der Waals surface area (Å²) in [5, 5.41) is -0.429. The highest BCUT2D eigenvalue weighted by molar-refractivity contribution is 8.00. The van der Waals surface area contributed by atoms with E-state index < -0.39 is 5.25 Å². The van der Waals surface area contributed by atoms with E-state index in [9.17, 15) is 9.59 Å². The number of hydrogen-bond donors (Lipinski definition) is 1. The van der Waals surface area contributed by atoms with Crippen LogP contribution < -0.4 is 10.6 Å². The van der Waals surface area contributed by atoms with Gasteiger partial charge in [0, 0.05) is 17.0 Å². The van der Waals surface area contributed by atoms with E-state index in [4.69, 9.17) is 5.73 Å². The van der Waals surface area contributed by atoms with Gasteiger partial charge in [0.1, 0.15) is 0 Å². The van der Waals surface area contributed by atoms with E-state index in [1.807, 2.05) is 84.9 Å². The standard InChI is InChI=1S/C24H20N2O2S/c25-19-7-4-8-21(15-19)29-22-16-23(27)26(24(22)28)20-13-11-18(12-14-20)10-9-17-5-2-1-3-6-17/h1-15,22H,16,25H2/b10-9+/t22-/m0/s1. The number of benzene rings is 3. The van der Waals surface area contributed by atoms with Crippen LogP contribution in [-0.4, -0.2) is 17.1 Å². The molecule has 0 aromatic heterocycles. The van der Waals surface area contributed by atoms with Crippen LogP contribution in [0.25, 0.3) is 12.2 Å². The van der Waals surface area contributed by atoms with Crippen LogP contribution in [0.1, 0.15) is 17.5 Å². The first-order valence-corrected chi connectivity index (χ1v) is 10.2. The van der Waals surface area contributed by atoms with Crippen molar-refractivity contribution in [2.45, 2.75) is 16.6 Å². The summed E-state index contributed by atoms with van der Waals surface area (Å²) in [6.07, 6.45) is 4.22. The molecule has 0 bridgehead atoms. The summed E-state index contributed by atoms with van der Waals surface area (Å²) in [5.74, 6) is -0.362. The minimum atomic E-state index is -0.429. The Morgan fingerprint density at radius 2 is 1.55 bits per heavy atom. The molecule has 5 heteroatoms. The molecule has 3 aromatic carbocycles. The SMILES string of the molecule is Nc1cccc(S[C@H]2CC(=O)N(c3ccc(/C=C/c4ccccc4)cc3)C2=O)c1. The molecule has 0 saturated carbocycles. The van der Waals surface area contributed by atoms with Gasteiger partial charge in [-0.15, -0.1) is 11.8 Å². The van der Waals surface area contributed by atoms with Crippen LogP contribution in [0, 0.1) is 0 Å². The predicted molar refractivity (Wildman–Crippen MR) is 119 cm³/mol. The number of nitrogens with zero attached hydrogens (tertiary/aromatic N) is 1. The molecular formula is C24H20N2O2S. The molecule has 0 spiro atoms. The van der Waals surface area contributed by atoms with E-state index >= 15 is 0 Å².